The molecule has 124 valence electrons. The molecule has 0 saturated carbocycles. The van der Waals surface area contributed by atoms with Gasteiger partial charge in [0.25, 0.3) is 0 Å². The van der Waals surface area contributed by atoms with Crippen molar-refractivity contribution in [2.45, 2.75) is 13.0 Å². The Morgan fingerprint density at radius 2 is 2.21 bits per heavy atom. The molecule has 1 atom stereocenters. The Morgan fingerprint density at radius 3 is 2.88 bits per heavy atom. The summed E-state index contributed by atoms with van der Waals surface area (Å²) >= 11 is 18.8. The van der Waals surface area contributed by atoms with Crippen LogP contribution in [-0.2, 0) is 4.79 Å². The highest BCUT2D eigenvalue weighted by Crippen LogP contribution is 2.28. The molecule has 0 radical (unpaired) electrons. The fourth-order valence-corrected chi connectivity index (χ4v) is 3.65. The summed E-state index contributed by atoms with van der Waals surface area (Å²) in [6.45, 7) is 1.75. The van der Waals surface area contributed by atoms with Crippen LogP contribution in [0.25, 0.3) is 10.7 Å². The van der Waals surface area contributed by atoms with Crippen molar-refractivity contribution in [1.82, 2.24) is 14.8 Å². The number of nitrogens with one attached hydrogen (secondary N) is 2. The number of benzene rings is 1. The number of H-pyrrole nitrogens is 1. The number of carbonyl (C=O) groups is 1. The second-order valence-corrected chi connectivity index (χ2v) is 7.17. The molecule has 0 unspecified atom stereocenters. The molecule has 0 bridgehead atoms. The van der Waals surface area contributed by atoms with Gasteiger partial charge in [0.05, 0.1) is 15.6 Å². The van der Waals surface area contributed by atoms with E-state index in [0.717, 1.165) is 4.88 Å². The molecule has 5 nitrogen and oxygen atoms in total. The van der Waals surface area contributed by atoms with E-state index in [9.17, 15) is 4.79 Å². The van der Waals surface area contributed by atoms with E-state index in [1.807, 2.05) is 17.5 Å². The van der Waals surface area contributed by atoms with Crippen LogP contribution in [0, 0.1) is 4.77 Å². The molecule has 0 aliphatic heterocycles. The topological polar surface area (TPSA) is 62.7 Å². The zero-order valence-electron chi connectivity index (χ0n) is 12.4. The smallest absolute Gasteiger partial charge is 0.247 e. The maximum Gasteiger partial charge on any atom is 0.247 e. The Balaban J connectivity index is 1.89. The fourth-order valence-electron chi connectivity index (χ4n) is 2.19. The van der Waals surface area contributed by atoms with Crippen LogP contribution in [0.2, 0.25) is 10.0 Å². The Labute approximate surface area is 157 Å². The monoisotopic (exact) mass is 398 g/mol. The molecular weight excluding hydrogens is 387 g/mol. The number of aromatic amines is 1. The van der Waals surface area contributed by atoms with Crippen molar-refractivity contribution in [3.63, 3.8) is 0 Å². The predicted octanol–water partition coefficient (Wildman–Crippen LogP) is 5.18. The zero-order valence-corrected chi connectivity index (χ0v) is 15.6. The molecule has 2 heterocycles. The van der Waals surface area contributed by atoms with Crippen LogP contribution in [-0.4, -0.2) is 20.7 Å². The lowest BCUT2D eigenvalue weighted by atomic mass is 10.2. The van der Waals surface area contributed by atoms with Gasteiger partial charge in [0, 0.05) is 5.02 Å². The van der Waals surface area contributed by atoms with E-state index in [4.69, 9.17) is 35.4 Å². The van der Waals surface area contributed by atoms with Crippen LogP contribution < -0.4 is 5.32 Å². The summed E-state index contributed by atoms with van der Waals surface area (Å²) in [5.74, 6) is 0.370. The van der Waals surface area contributed by atoms with Crippen LogP contribution in [0.15, 0.2) is 35.7 Å². The molecule has 9 heteroatoms. The Morgan fingerprint density at radius 1 is 1.42 bits per heavy atom. The first-order valence-electron chi connectivity index (χ1n) is 6.94. The summed E-state index contributed by atoms with van der Waals surface area (Å²) in [5.41, 5.74) is 0.491. The number of hydrogen-bond acceptors (Lipinski definition) is 4. The second kappa shape index (κ2) is 7.06. The molecular formula is C15H12Cl2N4OS2. The van der Waals surface area contributed by atoms with E-state index < -0.39 is 6.04 Å². The summed E-state index contributed by atoms with van der Waals surface area (Å²) in [6.07, 6.45) is 0. The first-order valence-corrected chi connectivity index (χ1v) is 8.98. The molecule has 3 aromatic rings. The number of anilines is 1. The normalized spacial score (nSPS) is 12.1. The van der Waals surface area contributed by atoms with Crippen LogP contribution in [0.4, 0.5) is 5.69 Å². The van der Waals surface area contributed by atoms with E-state index in [-0.39, 0.29) is 5.91 Å². The van der Waals surface area contributed by atoms with Crippen molar-refractivity contribution < 1.29 is 4.79 Å². The maximum absolute atomic E-state index is 12.6. The van der Waals surface area contributed by atoms with Crippen LogP contribution >= 0.6 is 46.8 Å². The Kier molecular flexibility index (Phi) is 5.05. The number of hydrogen-bond donors (Lipinski definition) is 2. The largest absolute Gasteiger partial charge is 0.323 e. The Hall–Kier alpha value is -1.67. The van der Waals surface area contributed by atoms with Crippen LogP contribution in [0.1, 0.15) is 13.0 Å². The van der Waals surface area contributed by atoms with Crippen molar-refractivity contribution in [1.29, 1.82) is 0 Å². The highest BCUT2D eigenvalue weighted by atomic mass is 35.5. The minimum Gasteiger partial charge on any atom is -0.323 e. The van der Waals surface area contributed by atoms with Crippen LogP contribution in [0.5, 0.6) is 0 Å². The highest BCUT2D eigenvalue weighted by molar-refractivity contribution is 7.71. The van der Waals surface area contributed by atoms with Gasteiger partial charge in [0.1, 0.15) is 6.04 Å². The lowest BCUT2D eigenvalue weighted by molar-refractivity contribution is -0.118. The third kappa shape index (κ3) is 3.39. The molecule has 1 aromatic carbocycles. The zero-order chi connectivity index (χ0) is 17.3. The third-order valence-electron chi connectivity index (χ3n) is 3.40. The van der Waals surface area contributed by atoms with Gasteiger partial charge < -0.3 is 5.32 Å². The van der Waals surface area contributed by atoms with Gasteiger partial charge in [0.2, 0.25) is 5.91 Å². The lowest BCUT2D eigenvalue weighted by Crippen LogP contribution is -2.24. The number of halogens is 2. The van der Waals surface area contributed by atoms with Crippen molar-refractivity contribution in [3.05, 3.63) is 50.5 Å². The van der Waals surface area contributed by atoms with Crippen molar-refractivity contribution in [2.75, 3.05) is 5.32 Å². The van der Waals surface area contributed by atoms with E-state index in [1.165, 1.54) is 11.3 Å². The van der Waals surface area contributed by atoms with Gasteiger partial charge in [-0.05, 0) is 48.8 Å². The molecule has 0 saturated heterocycles. The average Bonchev–Trinajstić information content (AvgIpc) is 3.18. The fraction of sp³-hybridized carbons (Fsp3) is 0.133. The van der Waals surface area contributed by atoms with Gasteiger partial charge in [0.15, 0.2) is 10.6 Å². The average molecular weight is 399 g/mol. The van der Waals surface area contributed by atoms with Crippen molar-refractivity contribution in [2.24, 2.45) is 0 Å². The summed E-state index contributed by atoms with van der Waals surface area (Å²) in [7, 11) is 0. The van der Waals surface area contributed by atoms with Crippen molar-refractivity contribution in [3.8, 4) is 10.7 Å². The third-order valence-corrected chi connectivity index (χ3v) is 5.10. The van der Waals surface area contributed by atoms with Gasteiger partial charge >= 0.3 is 0 Å². The lowest BCUT2D eigenvalue weighted by Gasteiger charge is -2.16. The molecule has 0 fully saturated rings. The SMILES string of the molecule is C[C@H](C(=O)Nc1ccc(Cl)cc1Cl)n1c(-c2cccs2)n[nH]c1=S. The molecule has 2 N–H and O–H groups in total. The number of amides is 1. The maximum atomic E-state index is 12.6. The van der Waals surface area contributed by atoms with Crippen molar-refractivity contribution >= 4 is 58.4 Å². The minimum atomic E-state index is -0.569. The summed E-state index contributed by atoms with van der Waals surface area (Å²) in [6, 6.07) is 8.16. The molecule has 3 rings (SSSR count). The molecule has 1 amide bonds. The number of aromatic nitrogens is 3. The number of rotatable bonds is 4. The summed E-state index contributed by atoms with van der Waals surface area (Å²) in [5, 5.41) is 12.6. The van der Waals surface area contributed by atoms with E-state index in [0.29, 0.717) is 26.3 Å². The first-order chi connectivity index (χ1) is 11.5. The quantitative estimate of drug-likeness (QED) is 0.595. The second-order valence-electron chi connectivity index (χ2n) is 4.99. The molecule has 0 aliphatic carbocycles. The van der Waals surface area contributed by atoms with Crippen LogP contribution in [0.3, 0.4) is 0 Å². The molecule has 2 aromatic heterocycles. The summed E-state index contributed by atoms with van der Waals surface area (Å²) in [4.78, 5) is 13.5. The number of thiophene rings is 1. The van der Waals surface area contributed by atoms with E-state index >= 15 is 0 Å². The van der Waals surface area contributed by atoms with Gasteiger partial charge in [-0.1, -0.05) is 29.3 Å². The van der Waals surface area contributed by atoms with Gasteiger partial charge in [-0.3, -0.25) is 14.5 Å². The van der Waals surface area contributed by atoms with E-state index in [2.05, 4.69) is 15.5 Å². The Bertz CT molecular complexity index is 933. The number of nitrogens with zero attached hydrogens (tertiary/aromatic N) is 2. The standard InChI is InChI=1S/C15H12Cl2N4OS2/c1-8(14(22)18-11-5-4-9(16)7-10(11)17)21-13(19-20-15(21)23)12-3-2-6-24-12/h2-8H,1H3,(H,18,22)(H,20,23)/t8-/m1/s1. The predicted molar refractivity (Wildman–Crippen MR) is 101 cm³/mol. The molecule has 0 spiro atoms. The minimum absolute atomic E-state index is 0.255. The first kappa shape index (κ1) is 17.2. The highest BCUT2D eigenvalue weighted by Gasteiger charge is 2.22. The van der Waals surface area contributed by atoms with Gasteiger partial charge in [-0.25, -0.2) is 0 Å². The molecule has 0 aliphatic rings. The van der Waals surface area contributed by atoms with Gasteiger partial charge in [-0.15, -0.1) is 11.3 Å². The summed E-state index contributed by atoms with van der Waals surface area (Å²) < 4.78 is 2.06. The number of carbonyl (C=O) groups excluding carboxylic acids is 1. The van der Waals surface area contributed by atoms with E-state index in [1.54, 1.807) is 29.7 Å². The molecule has 24 heavy (non-hydrogen) atoms. The van der Waals surface area contributed by atoms with Gasteiger partial charge in [-0.2, -0.15) is 5.10 Å².